The zero-order valence-corrected chi connectivity index (χ0v) is 38.8. The second-order valence-electron chi connectivity index (χ2n) is 17.5. The Kier molecular flexibility index (Phi) is 18.3. The van der Waals surface area contributed by atoms with Gasteiger partial charge in [-0.15, -0.1) is 6.58 Å². The SMILES string of the molecule is C=CCO[C@@]12Oc3ccc(OCc4ccccc4F)cc3[C@H]3[C@H](CCCCO)[C@@H](CCCCO)C=C(C(=NOCc4ccccc4)C[C@@H]1N(CCOCCO)C(=O)C=Cc1ccc([N+](=O)[O-])cc1)[C@H]32. The largest absolute Gasteiger partial charge is 0.489 e. The average Bonchev–Trinajstić information content (AvgIpc) is 3.36. The van der Waals surface area contributed by atoms with E-state index in [1.165, 1.54) is 24.3 Å². The molecule has 0 unspecified atom stereocenters. The van der Waals surface area contributed by atoms with E-state index in [1.807, 2.05) is 42.5 Å². The summed E-state index contributed by atoms with van der Waals surface area (Å²) >= 11 is 0. The fraction of sp³-hybridized carbons (Fsp3) is 0.407. The van der Waals surface area contributed by atoms with Crippen molar-refractivity contribution in [3.8, 4) is 11.5 Å². The Morgan fingerprint density at radius 3 is 2.41 bits per heavy atom. The van der Waals surface area contributed by atoms with Crippen molar-refractivity contribution in [2.45, 2.75) is 75.9 Å². The maximum Gasteiger partial charge on any atom is 0.269 e. The van der Waals surface area contributed by atoms with Gasteiger partial charge in [0.05, 0.1) is 43.0 Å². The van der Waals surface area contributed by atoms with E-state index in [2.05, 4.69) is 12.7 Å². The number of nitro groups is 1. The van der Waals surface area contributed by atoms with Gasteiger partial charge in [-0.3, -0.25) is 14.9 Å². The summed E-state index contributed by atoms with van der Waals surface area (Å²) in [5.41, 5.74) is 4.06. The number of allylic oxidation sites excluding steroid dienone is 1. The van der Waals surface area contributed by atoms with Crippen LogP contribution in [-0.2, 0) is 32.3 Å². The van der Waals surface area contributed by atoms with Crippen molar-refractivity contribution < 1.29 is 53.2 Å². The number of non-ortho nitro benzene ring substituents is 1. The molecule has 366 valence electrons. The molecule has 1 amide bonds. The third-order valence-electron chi connectivity index (χ3n) is 13.1. The van der Waals surface area contributed by atoms with E-state index in [0.717, 1.165) is 36.0 Å². The molecule has 0 saturated heterocycles. The molecule has 2 aliphatic carbocycles. The lowest BCUT2D eigenvalue weighted by Gasteiger charge is -2.60. The van der Waals surface area contributed by atoms with Gasteiger partial charge in [0, 0.05) is 61.4 Å². The third-order valence-corrected chi connectivity index (χ3v) is 13.1. The molecular formula is C54H62FN3O11. The number of aliphatic hydroxyl groups is 3. The van der Waals surface area contributed by atoms with Crippen LogP contribution in [0.2, 0.25) is 0 Å². The fourth-order valence-electron chi connectivity index (χ4n) is 9.99. The van der Waals surface area contributed by atoms with Gasteiger partial charge in [-0.25, -0.2) is 4.39 Å². The van der Waals surface area contributed by atoms with E-state index < -0.39 is 28.6 Å². The monoisotopic (exact) mass is 947 g/mol. The number of amides is 1. The Balaban J connectivity index is 1.41. The molecule has 3 aliphatic rings. The first kappa shape index (κ1) is 50.6. The number of carbonyl (C=O) groups excluding carboxylic acids is 1. The quantitative estimate of drug-likeness (QED) is 0.0180. The molecule has 4 aromatic rings. The zero-order chi connectivity index (χ0) is 48.6. The van der Waals surface area contributed by atoms with Crippen molar-refractivity contribution in [2.75, 3.05) is 46.2 Å². The van der Waals surface area contributed by atoms with Gasteiger partial charge in [-0.05, 0) is 96.7 Å². The first-order valence-corrected chi connectivity index (χ1v) is 23.7. The number of oxime groups is 1. The van der Waals surface area contributed by atoms with Crippen LogP contribution in [0.3, 0.4) is 0 Å². The molecule has 1 fully saturated rings. The van der Waals surface area contributed by atoms with Crippen molar-refractivity contribution in [2.24, 2.45) is 22.9 Å². The zero-order valence-electron chi connectivity index (χ0n) is 38.8. The molecule has 0 radical (unpaired) electrons. The summed E-state index contributed by atoms with van der Waals surface area (Å²) in [6, 6.07) is 26.7. The van der Waals surface area contributed by atoms with Crippen molar-refractivity contribution in [3.63, 3.8) is 0 Å². The van der Waals surface area contributed by atoms with Crippen LogP contribution in [0.4, 0.5) is 10.1 Å². The average molecular weight is 948 g/mol. The minimum Gasteiger partial charge on any atom is -0.489 e. The summed E-state index contributed by atoms with van der Waals surface area (Å²) in [5, 5.41) is 45.9. The number of unbranched alkanes of at least 4 members (excludes halogenated alkanes) is 2. The van der Waals surface area contributed by atoms with E-state index in [-0.39, 0.29) is 95.1 Å². The van der Waals surface area contributed by atoms with Gasteiger partial charge in [-0.2, -0.15) is 0 Å². The number of benzene rings is 4. The van der Waals surface area contributed by atoms with Crippen molar-refractivity contribution >= 4 is 23.4 Å². The standard InChI is InChI=1S/C54H62FN3O11/c1-2-30-67-54-50(57(26-31-65-32-29-61)51(62)25-20-38-18-21-42(22-19-38)58(63)64)35-48(56-68-36-39-12-4-3-5-13-39)45-33-40(14-8-10-27-59)44(16-9-11-28-60)52(53(45)54)46-34-43(23-24-49(46)69-54)66-37-41-15-6-7-17-47(41)55/h2-7,12-13,15,17-25,33-34,40,44,50,52-53,59-61H,1,8-11,14,16,26-32,35-37H2/t40-,44+,50-,52+,53+,54+/m0/s1. The Morgan fingerprint density at radius 1 is 0.928 bits per heavy atom. The minimum atomic E-state index is -1.58. The number of hydrogen-bond acceptors (Lipinski definition) is 12. The highest BCUT2D eigenvalue weighted by molar-refractivity contribution is 6.03. The van der Waals surface area contributed by atoms with Crippen LogP contribution in [0.15, 0.2) is 133 Å². The Hall–Kier alpha value is -6.23. The second kappa shape index (κ2) is 24.9. The van der Waals surface area contributed by atoms with E-state index in [1.54, 1.807) is 53.5 Å². The van der Waals surface area contributed by atoms with Crippen LogP contribution in [-0.4, -0.2) is 94.8 Å². The van der Waals surface area contributed by atoms with Gasteiger partial charge in [0.1, 0.15) is 36.6 Å². The number of ether oxygens (including phenoxy) is 4. The number of aliphatic hydroxyl groups excluding tert-OH is 3. The number of rotatable bonds is 26. The number of hydrogen-bond donors (Lipinski definition) is 3. The van der Waals surface area contributed by atoms with Crippen LogP contribution in [0.1, 0.15) is 73.1 Å². The van der Waals surface area contributed by atoms with Crippen molar-refractivity contribution in [3.05, 3.63) is 166 Å². The van der Waals surface area contributed by atoms with Crippen LogP contribution >= 0.6 is 0 Å². The summed E-state index contributed by atoms with van der Waals surface area (Å²) in [5.74, 6) is -2.43. The van der Waals surface area contributed by atoms with E-state index in [9.17, 15) is 34.6 Å². The predicted octanol–water partition coefficient (Wildman–Crippen LogP) is 8.70. The van der Waals surface area contributed by atoms with Crippen LogP contribution in [0.25, 0.3) is 6.08 Å². The van der Waals surface area contributed by atoms with Crippen molar-refractivity contribution in [1.29, 1.82) is 0 Å². The van der Waals surface area contributed by atoms with Crippen LogP contribution in [0.5, 0.6) is 11.5 Å². The van der Waals surface area contributed by atoms with Gasteiger partial charge < -0.3 is 44.0 Å². The van der Waals surface area contributed by atoms with Gasteiger partial charge in [0.2, 0.25) is 11.7 Å². The van der Waals surface area contributed by atoms with Gasteiger partial charge in [-0.1, -0.05) is 78.7 Å². The Morgan fingerprint density at radius 2 is 1.68 bits per heavy atom. The highest BCUT2D eigenvalue weighted by atomic mass is 19.1. The molecule has 0 spiro atoms. The summed E-state index contributed by atoms with van der Waals surface area (Å²) in [6.07, 6.45) is 11.1. The lowest BCUT2D eigenvalue weighted by atomic mass is 9.55. The summed E-state index contributed by atoms with van der Waals surface area (Å²) < 4.78 is 41.4. The molecule has 69 heavy (non-hydrogen) atoms. The van der Waals surface area contributed by atoms with Crippen LogP contribution in [0, 0.1) is 33.7 Å². The third kappa shape index (κ3) is 12.3. The van der Waals surface area contributed by atoms with Gasteiger partial charge in [0.15, 0.2) is 0 Å². The molecule has 0 aromatic heterocycles. The highest BCUT2D eigenvalue weighted by Gasteiger charge is 2.65. The molecule has 14 nitrogen and oxygen atoms in total. The summed E-state index contributed by atoms with van der Waals surface area (Å²) in [4.78, 5) is 33.7. The molecule has 1 aliphatic heterocycles. The summed E-state index contributed by atoms with van der Waals surface area (Å²) in [6.45, 7) is 4.21. The molecule has 0 bridgehead atoms. The maximum absolute atomic E-state index is 15.0. The Bertz CT molecular complexity index is 2430. The number of nitro benzene ring substituents is 1. The Labute approximate surface area is 402 Å². The van der Waals surface area contributed by atoms with E-state index >= 15 is 0 Å². The normalized spacial score (nSPS) is 22.0. The molecule has 15 heteroatoms. The molecule has 3 N–H and O–H groups in total. The lowest BCUT2D eigenvalue weighted by Crippen LogP contribution is -2.70. The molecule has 4 aromatic carbocycles. The minimum absolute atomic E-state index is 0.0118. The second-order valence-corrected chi connectivity index (χ2v) is 17.5. The maximum atomic E-state index is 15.0. The van der Waals surface area contributed by atoms with Gasteiger partial charge in [0.25, 0.3) is 5.69 Å². The number of carbonyl (C=O) groups is 1. The predicted molar refractivity (Wildman–Crippen MR) is 259 cm³/mol. The molecule has 1 saturated carbocycles. The first-order valence-electron chi connectivity index (χ1n) is 23.7. The van der Waals surface area contributed by atoms with Gasteiger partial charge >= 0.3 is 0 Å². The summed E-state index contributed by atoms with van der Waals surface area (Å²) in [7, 11) is 0. The number of fused-ring (bicyclic) bond motifs is 2. The molecule has 7 rings (SSSR count). The number of nitrogens with zero attached hydrogens (tertiary/aromatic N) is 3. The number of halogens is 1. The van der Waals surface area contributed by atoms with E-state index in [4.69, 9.17) is 28.9 Å². The van der Waals surface area contributed by atoms with Crippen molar-refractivity contribution in [1.82, 2.24) is 4.90 Å². The van der Waals surface area contributed by atoms with E-state index in [0.29, 0.717) is 47.6 Å². The first-order chi connectivity index (χ1) is 33.7. The molecular weight excluding hydrogens is 886 g/mol. The highest BCUT2D eigenvalue weighted by Crippen LogP contribution is 2.62. The topological polar surface area (TPSA) is 183 Å². The lowest BCUT2D eigenvalue weighted by molar-refractivity contribution is -0.384. The molecule has 6 atom stereocenters. The molecule has 1 heterocycles. The van der Waals surface area contributed by atoms with Crippen LogP contribution < -0.4 is 9.47 Å². The fourth-order valence-corrected chi connectivity index (χ4v) is 9.99. The smallest absolute Gasteiger partial charge is 0.269 e.